The van der Waals surface area contributed by atoms with Crippen molar-refractivity contribution >= 4 is 21.6 Å². The van der Waals surface area contributed by atoms with E-state index in [2.05, 4.69) is 5.32 Å². The molecular formula is C21H21FN2O4S. The highest BCUT2D eigenvalue weighted by Crippen LogP contribution is 2.23. The van der Waals surface area contributed by atoms with Crippen molar-refractivity contribution < 1.29 is 22.0 Å². The molecule has 1 amide bonds. The number of halogens is 1. The van der Waals surface area contributed by atoms with Gasteiger partial charge in [0.2, 0.25) is 15.9 Å². The second-order valence-electron chi connectivity index (χ2n) is 6.62. The van der Waals surface area contributed by atoms with Crippen molar-refractivity contribution in [1.82, 2.24) is 4.31 Å². The third kappa shape index (κ3) is 5.30. The number of furan rings is 1. The number of rotatable bonds is 7. The lowest BCUT2D eigenvalue weighted by atomic mass is 10.2. The number of nitrogens with one attached hydrogen (secondary N) is 1. The number of nitrogens with zero attached hydrogens (tertiary/aromatic N) is 1. The molecule has 0 spiro atoms. The maximum absolute atomic E-state index is 13.3. The number of anilines is 1. The van der Waals surface area contributed by atoms with E-state index in [1.807, 2.05) is 0 Å². The molecule has 0 bridgehead atoms. The summed E-state index contributed by atoms with van der Waals surface area (Å²) in [6, 6.07) is 15.1. The Morgan fingerprint density at radius 3 is 2.21 bits per heavy atom. The molecular weight excluding hydrogens is 395 g/mol. The number of carbonyl (C=O) groups is 1. The van der Waals surface area contributed by atoms with E-state index in [1.54, 1.807) is 31.2 Å². The number of carbonyl (C=O) groups excluding carboxylic acids is 1. The first-order chi connectivity index (χ1) is 13.7. The fourth-order valence-corrected chi connectivity index (χ4v) is 4.22. The van der Waals surface area contributed by atoms with Crippen molar-refractivity contribution in [2.24, 2.45) is 0 Å². The largest absolute Gasteiger partial charge is 0.465 e. The minimum Gasteiger partial charge on any atom is -0.465 e. The summed E-state index contributed by atoms with van der Waals surface area (Å²) in [5.41, 5.74) is 1.15. The Balaban J connectivity index is 1.91. The molecule has 1 aromatic heterocycles. The van der Waals surface area contributed by atoms with Gasteiger partial charge in [-0.3, -0.25) is 4.79 Å². The van der Waals surface area contributed by atoms with Crippen molar-refractivity contribution in [2.45, 2.75) is 31.8 Å². The quantitative estimate of drug-likeness (QED) is 0.630. The molecule has 0 radical (unpaired) electrons. The van der Waals surface area contributed by atoms with Crippen LogP contribution in [0.4, 0.5) is 10.1 Å². The lowest BCUT2D eigenvalue weighted by Crippen LogP contribution is -2.30. The molecule has 1 N–H and O–H groups in total. The Morgan fingerprint density at radius 1 is 1.00 bits per heavy atom. The van der Waals surface area contributed by atoms with Crippen LogP contribution < -0.4 is 5.32 Å². The van der Waals surface area contributed by atoms with Crippen LogP contribution in [-0.4, -0.2) is 18.6 Å². The molecule has 0 atom stereocenters. The van der Waals surface area contributed by atoms with Gasteiger partial charge in [0.05, 0.1) is 11.4 Å². The monoisotopic (exact) mass is 416 g/mol. The van der Waals surface area contributed by atoms with Gasteiger partial charge in [-0.25, -0.2) is 12.8 Å². The van der Waals surface area contributed by atoms with Gasteiger partial charge in [0.15, 0.2) is 0 Å². The highest BCUT2D eigenvalue weighted by molar-refractivity contribution is 7.89. The molecule has 8 heteroatoms. The zero-order valence-corrected chi connectivity index (χ0v) is 16.9. The topological polar surface area (TPSA) is 79.6 Å². The van der Waals surface area contributed by atoms with E-state index < -0.39 is 15.8 Å². The van der Waals surface area contributed by atoms with Gasteiger partial charge < -0.3 is 9.73 Å². The molecule has 0 fully saturated rings. The van der Waals surface area contributed by atoms with Crippen molar-refractivity contribution in [2.75, 3.05) is 5.32 Å². The summed E-state index contributed by atoms with van der Waals surface area (Å²) in [5.74, 6) is 0.548. The van der Waals surface area contributed by atoms with Crippen LogP contribution in [0.3, 0.4) is 0 Å². The summed E-state index contributed by atoms with van der Waals surface area (Å²) in [6.45, 7) is 3.24. The maximum Gasteiger partial charge on any atom is 0.243 e. The molecule has 0 saturated heterocycles. The molecule has 29 heavy (non-hydrogen) atoms. The molecule has 0 aliphatic carbocycles. The average molecular weight is 416 g/mol. The Kier molecular flexibility index (Phi) is 6.14. The highest BCUT2D eigenvalue weighted by atomic mass is 32.2. The fraction of sp³-hybridized carbons (Fsp3) is 0.190. The van der Waals surface area contributed by atoms with Gasteiger partial charge in [-0.1, -0.05) is 12.1 Å². The average Bonchev–Trinajstić information content (AvgIpc) is 3.08. The van der Waals surface area contributed by atoms with Crippen molar-refractivity contribution in [3.63, 3.8) is 0 Å². The van der Waals surface area contributed by atoms with Gasteiger partial charge in [-0.15, -0.1) is 0 Å². The van der Waals surface area contributed by atoms with Gasteiger partial charge in [0.1, 0.15) is 17.3 Å². The van der Waals surface area contributed by atoms with E-state index in [9.17, 15) is 17.6 Å². The summed E-state index contributed by atoms with van der Waals surface area (Å²) in [4.78, 5) is 11.2. The zero-order chi connectivity index (χ0) is 21.0. The van der Waals surface area contributed by atoms with Crippen LogP contribution >= 0.6 is 0 Å². The van der Waals surface area contributed by atoms with E-state index >= 15 is 0 Å². The minimum absolute atomic E-state index is 0.0288. The standard InChI is InChI=1S/C21H21FN2O4S/c1-15-3-10-20(28-15)14-24(13-17-4-6-18(22)7-5-17)29(26,27)21-11-8-19(9-12-21)23-16(2)25/h3-12H,13-14H2,1-2H3,(H,23,25). The number of hydrogen-bond donors (Lipinski definition) is 1. The Bertz CT molecular complexity index is 1090. The molecule has 0 unspecified atom stereocenters. The van der Waals surface area contributed by atoms with E-state index in [0.717, 1.165) is 0 Å². The molecule has 0 aliphatic rings. The van der Waals surface area contributed by atoms with Crippen LogP contribution in [0.25, 0.3) is 0 Å². The number of aryl methyl sites for hydroxylation is 1. The van der Waals surface area contributed by atoms with Crippen molar-refractivity contribution in [3.05, 3.63) is 83.6 Å². The lowest BCUT2D eigenvalue weighted by molar-refractivity contribution is -0.114. The predicted octanol–water partition coefficient (Wildman–Crippen LogP) is 4.08. The van der Waals surface area contributed by atoms with Gasteiger partial charge >= 0.3 is 0 Å². The summed E-state index contributed by atoms with van der Waals surface area (Å²) in [5, 5.41) is 2.60. The van der Waals surface area contributed by atoms with Crippen LogP contribution in [0, 0.1) is 12.7 Å². The van der Waals surface area contributed by atoms with Crippen LogP contribution in [0.5, 0.6) is 0 Å². The summed E-state index contributed by atoms with van der Waals surface area (Å²) in [6.07, 6.45) is 0. The van der Waals surface area contributed by atoms with Gasteiger partial charge in [-0.2, -0.15) is 4.31 Å². The predicted molar refractivity (Wildman–Crippen MR) is 107 cm³/mol. The number of benzene rings is 2. The third-order valence-corrected chi connectivity index (χ3v) is 6.02. The Hall–Kier alpha value is -2.97. The summed E-state index contributed by atoms with van der Waals surface area (Å²) < 4.78 is 46.6. The number of hydrogen-bond acceptors (Lipinski definition) is 4. The first-order valence-electron chi connectivity index (χ1n) is 8.91. The molecule has 1 heterocycles. The molecule has 0 aliphatic heterocycles. The number of sulfonamides is 1. The van der Waals surface area contributed by atoms with E-state index in [0.29, 0.717) is 22.8 Å². The highest BCUT2D eigenvalue weighted by Gasteiger charge is 2.26. The van der Waals surface area contributed by atoms with Crippen LogP contribution in [0.15, 0.2) is 70.0 Å². The third-order valence-electron chi connectivity index (χ3n) is 4.21. The first kappa shape index (κ1) is 20.8. The second-order valence-corrected chi connectivity index (χ2v) is 8.56. The van der Waals surface area contributed by atoms with Crippen molar-refractivity contribution in [1.29, 1.82) is 0 Å². The summed E-state index contributed by atoms with van der Waals surface area (Å²) >= 11 is 0. The lowest BCUT2D eigenvalue weighted by Gasteiger charge is -2.21. The van der Waals surface area contributed by atoms with Crippen LogP contribution in [0.2, 0.25) is 0 Å². The fourth-order valence-electron chi connectivity index (χ4n) is 2.83. The van der Waals surface area contributed by atoms with Crippen LogP contribution in [0.1, 0.15) is 24.0 Å². The second kappa shape index (κ2) is 8.59. The SMILES string of the molecule is CC(=O)Nc1ccc(S(=O)(=O)N(Cc2ccc(F)cc2)Cc2ccc(C)o2)cc1. The molecule has 2 aromatic carbocycles. The molecule has 3 aromatic rings. The van der Waals surface area contributed by atoms with E-state index in [1.165, 1.54) is 47.6 Å². The van der Waals surface area contributed by atoms with Gasteiger partial charge in [-0.05, 0) is 61.0 Å². The minimum atomic E-state index is -3.88. The Labute approximate surface area is 169 Å². The summed E-state index contributed by atoms with van der Waals surface area (Å²) in [7, 11) is -3.88. The normalized spacial score (nSPS) is 11.6. The zero-order valence-electron chi connectivity index (χ0n) is 16.1. The first-order valence-corrected chi connectivity index (χ1v) is 10.4. The van der Waals surface area contributed by atoms with Gasteiger partial charge in [0.25, 0.3) is 0 Å². The van der Waals surface area contributed by atoms with Gasteiger partial charge in [0, 0.05) is 19.2 Å². The van der Waals surface area contributed by atoms with Crippen molar-refractivity contribution in [3.8, 4) is 0 Å². The molecule has 0 saturated carbocycles. The molecule has 152 valence electrons. The number of amides is 1. The Morgan fingerprint density at radius 2 is 1.66 bits per heavy atom. The van der Waals surface area contributed by atoms with Crippen LogP contribution in [-0.2, 0) is 27.9 Å². The molecule has 3 rings (SSSR count). The van der Waals surface area contributed by atoms with E-state index in [-0.39, 0.29) is 23.9 Å². The van der Waals surface area contributed by atoms with E-state index in [4.69, 9.17) is 4.42 Å². The maximum atomic E-state index is 13.3. The smallest absolute Gasteiger partial charge is 0.243 e. The molecule has 6 nitrogen and oxygen atoms in total.